The summed E-state index contributed by atoms with van der Waals surface area (Å²) in [7, 11) is 0. The minimum atomic E-state index is -0.361. The summed E-state index contributed by atoms with van der Waals surface area (Å²) in [5.74, 6) is 1.23. The van der Waals surface area contributed by atoms with Crippen molar-refractivity contribution < 1.29 is 4.42 Å². The lowest BCUT2D eigenvalue weighted by Crippen LogP contribution is -2.42. The van der Waals surface area contributed by atoms with Crippen molar-refractivity contribution in [1.29, 1.82) is 0 Å². The van der Waals surface area contributed by atoms with E-state index in [1.807, 2.05) is 12.1 Å². The lowest BCUT2D eigenvalue weighted by molar-refractivity contribution is 0.359. The van der Waals surface area contributed by atoms with Crippen LogP contribution in [-0.2, 0) is 5.54 Å². The van der Waals surface area contributed by atoms with Crippen LogP contribution in [0.15, 0.2) is 94.4 Å². The van der Waals surface area contributed by atoms with Gasteiger partial charge in [-0.1, -0.05) is 54.6 Å². The Morgan fingerprint density at radius 1 is 0.889 bits per heavy atom. The molecule has 0 radical (unpaired) electrons. The molecule has 2 nitrogen and oxygen atoms in total. The Kier molecular flexibility index (Phi) is 4.07. The van der Waals surface area contributed by atoms with Gasteiger partial charge in [0.15, 0.2) is 0 Å². The minimum Gasteiger partial charge on any atom is -0.469 e. The number of hydrogen-bond donors (Lipinski definition) is 2. The molecule has 1 N–H and O–H groups in total. The normalized spacial score (nSPS) is 22.3. The molecular weight excluding hydrogens is 350 g/mol. The molecule has 1 saturated heterocycles. The van der Waals surface area contributed by atoms with Gasteiger partial charge in [0.25, 0.3) is 0 Å². The van der Waals surface area contributed by atoms with Gasteiger partial charge in [-0.3, -0.25) is 0 Å². The highest BCUT2D eigenvalue weighted by molar-refractivity contribution is 7.80. The Balaban J connectivity index is 1.79. The fourth-order valence-corrected chi connectivity index (χ4v) is 4.92. The number of thiol groups is 1. The average molecular weight is 372 g/mol. The van der Waals surface area contributed by atoms with E-state index >= 15 is 0 Å². The third-order valence-electron chi connectivity index (χ3n) is 5.78. The van der Waals surface area contributed by atoms with Gasteiger partial charge in [0.2, 0.25) is 0 Å². The molecule has 2 heterocycles. The van der Waals surface area contributed by atoms with Crippen molar-refractivity contribution in [2.45, 2.75) is 22.8 Å². The van der Waals surface area contributed by atoms with E-state index in [0.717, 1.165) is 23.6 Å². The van der Waals surface area contributed by atoms with Gasteiger partial charge in [0, 0.05) is 10.8 Å². The van der Waals surface area contributed by atoms with Crippen molar-refractivity contribution in [2.75, 3.05) is 6.54 Å². The number of fused-ring (bicyclic) bond motifs is 1. The third-order valence-corrected chi connectivity index (χ3v) is 6.17. The highest BCUT2D eigenvalue weighted by Crippen LogP contribution is 2.49. The van der Waals surface area contributed by atoms with E-state index in [1.54, 1.807) is 6.26 Å². The fourth-order valence-electron chi connectivity index (χ4n) is 4.58. The molecule has 1 aliphatic heterocycles. The zero-order chi connectivity index (χ0) is 18.3. The van der Waals surface area contributed by atoms with Crippen LogP contribution in [0.1, 0.15) is 29.2 Å². The number of benzene rings is 3. The SMILES string of the molecule is Sc1ccccc1C1(c2ccc3ccccc3c2)NCCC1c1ccco1. The molecule has 3 aromatic carbocycles. The van der Waals surface area contributed by atoms with E-state index in [9.17, 15) is 0 Å². The Bertz CT molecular complexity index is 1090. The maximum absolute atomic E-state index is 5.88. The molecule has 134 valence electrons. The van der Waals surface area contributed by atoms with Crippen molar-refractivity contribution in [1.82, 2.24) is 5.32 Å². The predicted octanol–water partition coefficient (Wildman–Crippen LogP) is 5.74. The van der Waals surface area contributed by atoms with Crippen LogP contribution in [0.3, 0.4) is 0 Å². The molecular formula is C24H21NOS. The van der Waals surface area contributed by atoms with Crippen LogP contribution in [-0.4, -0.2) is 6.54 Å². The molecule has 0 bridgehead atoms. The van der Waals surface area contributed by atoms with Crippen LogP contribution < -0.4 is 5.32 Å². The summed E-state index contributed by atoms with van der Waals surface area (Å²) in [6.45, 7) is 0.931. The van der Waals surface area contributed by atoms with Crippen molar-refractivity contribution >= 4 is 23.4 Å². The minimum absolute atomic E-state index is 0.210. The second kappa shape index (κ2) is 6.59. The summed E-state index contributed by atoms with van der Waals surface area (Å²) in [6.07, 6.45) is 2.79. The monoisotopic (exact) mass is 371 g/mol. The number of hydrogen-bond acceptors (Lipinski definition) is 3. The third kappa shape index (κ3) is 2.61. The van der Waals surface area contributed by atoms with Gasteiger partial charge in [0.1, 0.15) is 5.76 Å². The lowest BCUT2D eigenvalue weighted by Gasteiger charge is -2.37. The van der Waals surface area contributed by atoms with Crippen LogP contribution in [0.2, 0.25) is 0 Å². The van der Waals surface area contributed by atoms with Gasteiger partial charge >= 0.3 is 0 Å². The molecule has 3 heteroatoms. The first-order valence-electron chi connectivity index (χ1n) is 9.35. The van der Waals surface area contributed by atoms with Gasteiger partial charge in [-0.25, -0.2) is 0 Å². The van der Waals surface area contributed by atoms with Crippen molar-refractivity contribution in [2.24, 2.45) is 0 Å². The van der Waals surface area contributed by atoms with Crippen LogP contribution >= 0.6 is 12.6 Å². The first kappa shape index (κ1) is 16.7. The van der Waals surface area contributed by atoms with Crippen LogP contribution in [0, 0.1) is 0 Å². The largest absolute Gasteiger partial charge is 0.469 e. The average Bonchev–Trinajstić information content (AvgIpc) is 3.38. The smallest absolute Gasteiger partial charge is 0.109 e. The number of furan rings is 1. The summed E-state index contributed by atoms with van der Waals surface area (Å²) in [5.41, 5.74) is 2.09. The lowest BCUT2D eigenvalue weighted by atomic mass is 9.73. The Hall–Kier alpha value is -2.49. The highest BCUT2D eigenvalue weighted by Gasteiger charge is 2.48. The maximum Gasteiger partial charge on any atom is 0.109 e. The summed E-state index contributed by atoms with van der Waals surface area (Å²) in [4.78, 5) is 0.997. The first-order valence-corrected chi connectivity index (χ1v) is 9.80. The molecule has 2 unspecified atom stereocenters. The van der Waals surface area contributed by atoms with Crippen molar-refractivity contribution in [3.63, 3.8) is 0 Å². The van der Waals surface area contributed by atoms with Crippen LogP contribution in [0.4, 0.5) is 0 Å². The zero-order valence-electron chi connectivity index (χ0n) is 14.9. The second-order valence-corrected chi connectivity index (χ2v) is 7.65. The fraction of sp³-hybridized carbons (Fsp3) is 0.167. The van der Waals surface area contributed by atoms with E-state index < -0.39 is 0 Å². The molecule has 4 aromatic rings. The molecule has 0 spiro atoms. The van der Waals surface area contributed by atoms with Crippen molar-refractivity contribution in [3.05, 3.63) is 102 Å². The first-order chi connectivity index (χ1) is 13.3. The summed E-state index contributed by atoms with van der Waals surface area (Å²) < 4.78 is 5.88. The van der Waals surface area contributed by atoms with Gasteiger partial charge in [-0.2, -0.15) is 0 Å². The predicted molar refractivity (Wildman–Crippen MR) is 112 cm³/mol. The molecule has 1 aliphatic rings. The topological polar surface area (TPSA) is 25.2 Å². The molecule has 2 atom stereocenters. The van der Waals surface area contributed by atoms with Crippen LogP contribution in [0.25, 0.3) is 10.8 Å². The maximum atomic E-state index is 5.88. The summed E-state index contributed by atoms with van der Waals surface area (Å²) in [6, 6.07) is 27.7. The van der Waals surface area contributed by atoms with Gasteiger partial charge in [-0.05, 0) is 59.1 Å². The number of rotatable bonds is 3. The molecule has 1 fully saturated rings. The van der Waals surface area contributed by atoms with E-state index in [4.69, 9.17) is 17.0 Å². The Morgan fingerprint density at radius 3 is 2.52 bits per heavy atom. The van der Waals surface area contributed by atoms with E-state index in [-0.39, 0.29) is 11.5 Å². The van der Waals surface area contributed by atoms with E-state index in [2.05, 4.69) is 72.0 Å². The van der Waals surface area contributed by atoms with Crippen molar-refractivity contribution in [3.8, 4) is 0 Å². The zero-order valence-corrected chi connectivity index (χ0v) is 15.8. The molecule has 5 rings (SSSR count). The molecule has 0 saturated carbocycles. The van der Waals surface area contributed by atoms with Gasteiger partial charge in [0.05, 0.1) is 11.8 Å². The quantitative estimate of drug-likeness (QED) is 0.449. The molecule has 27 heavy (non-hydrogen) atoms. The number of nitrogens with one attached hydrogen (secondary N) is 1. The molecule has 1 aromatic heterocycles. The summed E-state index contributed by atoms with van der Waals surface area (Å²) in [5, 5.41) is 6.34. The highest BCUT2D eigenvalue weighted by atomic mass is 32.1. The second-order valence-electron chi connectivity index (χ2n) is 7.17. The Labute approximate surface area is 164 Å². The van der Waals surface area contributed by atoms with E-state index in [1.165, 1.54) is 21.9 Å². The molecule has 0 aliphatic carbocycles. The molecule has 0 amide bonds. The Morgan fingerprint density at radius 2 is 1.70 bits per heavy atom. The summed E-state index contributed by atoms with van der Waals surface area (Å²) >= 11 is 4.82. The van der Waals surface area contributed by atoms with Gasteiger partial charge < -0.3 is 9.73 Å². The van der Waals surface area contributed by atoms with Crippen LogP contribution in [0.5, 0.6) is 0 Å². The van der Waals surface area contributed by atoms with Gasteiger partial charge in [-0.15, -0.1) is 12.6 Å². The van der Waals surface area contributed by atoms with E-state index in [0.29, 0.717) is 0 Å². The standard InChI is InChI=1S/C24H21NOS/c27-23-10-4-3-8-21(23)24(20(13-14-25-24)22-9-5-15-26-22)19-12-11-17-6-1-2-7-18(17)16-19/h1-12,15-16,20,25,27H,13-14H2.